The van der Waals surface area contributed by atoms with Gasteiger partial charge in [0.1, 0.15) is 5.03 Å². The van der Waals surface area contributed by atoms with E-state index in [2.05, 4.69) is 45.3 Å². The van der Waals surface area contributed by atoms with E-state index < -0.39 is 0 Å². The van der Waals surface area contributed by atoms with Crippen LogP contribution in [0.2, 0.25) is 0 Å². The Hall–Kier alpha value is -1.00. The fraction of sp³-hybridized carbons (Fsp3) is 0.214. The third kappa shape index (κ3) is 4.03. The minimum atomic E-state index is 0.455. The highest BCUT2D eigenvalue weighted by molar-refractivity contribution is 9.10. The smallest absolute Gasteiger partial charge is 0.110 e. The van der Waals surface area contributed by atoms with Crippen molar-refractivity contribution in [3.8, 4) is 0 Å². The van der Waals surface area contributed by atoms with E-state index in [1.165, 1.54) is 0 Å². The first kappa shape index (κ1) is 13.4. The summed E-state index contributed by atoms with van der Waals surface area (Å²) in [4.78, 5) is 4.36. The Morgan fingerprint density at radius 2 is 2.00 bits per heavy atom. The van der Waals surface area contributed by atoms with Crippen LogP contribution < -0.4 is 5.32 Å². The van der Waals surface area contributed by atoms with Gasteiger partial charge in [0, 0.05) is 28.2 Å². The molecular formula is C14H15BrN2S. The standard InChI is InChI=1S/C14H15BrN2S/c1-11(10-17-12-6-3-2-4-7-12)18-14-13(15)8-5-9-16-14/h2-9,11,17H,10H2,1H3. The molecule has 1 aromatic carbocycles. The zero-order valence-corrected chi connectivity index (χ0v) is 12.5. The van der Waals surface area contributed by atoms with Crippen molar-refractivity contribution in [2.45, 2.75) is 17.2 Å². The first-order valence-corrected chi connectivity index (χ1v) is 7.49. The van der Waals surface area contributed by atoms with Crippen LogP contribution in [0.25, 0.3) is 0 Å². The summed E-state index contributed by atoms with van der Waals surface area (Å²) < 4.78 is 1.06. The lowest BCUT2D eigenvalue weighted by molar-refractivity contribution is 0.985. The van der Waals surface area contributed by atoms with Gasteiger partial charge in [0.05, 0.1) is 0 Å². The quantitative estimate of drug-likeness (QED) is 0.824. The lowest BCUT2D eigenvalue weighted by Gasteiger charge is -2.13. The second kappa shape index (κ2) is 6.81. The maximum Gasteiger partial charge on any atom is 0.110 e. The number of hydrogen-bond donors (Lipinski definition) is 1. The number of para-hydroxylation sites is 1. The number of rotatable bonds is 5. The summed E-state index contributed by atoms with van der Waals surface area (Å²) in [6.07, 6.45) is 1.82. The van der Waals surface area contributed by atoms with Gasteiger partial charge in [-0.05, 0) is 40.2 Å². The van der Waals surface area contributed by atoms with Gasteiger partial charge in [-0.1, -0.05) is 25.1 Å². The Morgan fingerprint density at radius 1 is 1.22 bits per heavy atom. The molecule has 0 fully saturated rings. The van der Waals surface area contributed by atoms with Crippen LogP contribution in [0.15, 0.2) is 58.2 Å². The predicted molar refractivity (Wildman–Crippen MR) is 82.2 cm³/mol. The maximum absolute atomic E-state index is 4.36. The van der Waals surface area contributed by atoms with Crippen LogP contribution >= 0.6 is 27.7 Å². The first-order chi connectivity index (χ1) is 8.75. The summed E-state index contributed by atoms with van der Waals surface area (Å²) >= 11 is 5.29. The summed E-state index contributed by atoms with van der Waals surface area (Å²) in [5.74, 6) is 0. The molecule has 1 unspecified atom stereocenters. The molecule has 1 aromatic heterocycles. The number of anilines is 1. The lowest BCUT2D eigenvalue weighted by atomic mass is 10.3. The minimum absolute atomic E-state index is 0.455. The summed E-state index contributed by atoms with van der Waals surface area (Å²) in [5, 5.41) is 4.92. The van der Waals surface area contributed by atoms with Crippen LogP contribution in [-0.4, -0.2) is 16.8 Å². The number of nitrogens with zero attached hydrogens (tertiary/aromatic N) is 1. The number of nitrogens with one attached hydrogen (secondary N) is 1. The van der Waals surface area contributed by atoms with Gasteiger partial charge in [-0.2, -0.15) is 0 Å². The largest absolute Gasteiger partial charge is 0.384 e. The number of aromatic nitrogens is 1. The van der Waals surface area contributed by atoms with Gasteiger partial charge >= 0.3 is 0 Å². The van der Waals surface area contributed by atoms with Crippen LogP contribution in [0.3, 0.4) is 0 Å². The van der Waals surface area contributed by atoms with E-state index in [1.807, 2.05) is 36.5 Å². The van der Waals surface area contributed by atoms with E-state index in [9.17, 15) is 0 Å². The molecule has 0 aliphatic heterocycles. The Morgan fingerprint density at radius 3 is 2.72 bits per heavy atom. The number of halogens is 1. The van der Waals surface area contributed by atoms with Gasteiger partial charge in [-0.3, -0.25) is 0 Å². The Kier molecular flexibility index (Phi) is 5.08. The van der Waals surface area contributed by atoms with Crippen LogP contribution in [-0.2, 0) is 0 Å². The topological polar surface area (TPSA) is 24.9 Å². The summed E-state index contributed by atoms with van der Waals surface area (Å²) in [5.41, 5.74) is 1.16. The first-order valence-electron chi connectivity index (χ1n) is 5.82. The molecule has 1 atom stereocenters. The molecule has 1 heterocycles. The second-order valence-corrected chi connectivity index (χ2v) is 6.25. The fourth-order valence-corrected chi connectivity index (χ4v) is 2.89. The zero-order valence-electron chi connectivity index (χ0n) is 10.1. The molecule has 0 aliphatic rings. The van der Waals surface area contributed by atoms with Crippen LogP contribution in [0.1, 0.15) is 6.92 Å². The molecule has 2 rings (SSSR count). The van der Waals surface area contributed by atoms with Gasteiger partial charge in [0.25, 0.3) is 0 Å². The second-order valence-electron chi connectivity index (χ2n) is 3.97. The highest BCUT2D eigenvalue weighted by Gasteiger charge is 2.07. The molecule has 94 valence electrons. The molecule has 4 heteroatoms. The maximum atomic E-state index is 4.36. The average molecular weight is 323 g/mol. The molecule has 0 radical (unpaired) electrons. The van der Waals surface area contributed by atoms with Crippen molar-refractivity contribution < 1.29 is 0 Å². The normalized spacial score (nSPS) is 12.1. The molecule has 0 aliphatic carbocycles. The molecule has 0 bridgehead atoms. The summed E-state index contributed by atoms with van der Waals surface area (Å²) in [6.45, 7) is 3.11. The van der Waals surface area contributed by atoms with E-state index in [4.69, 9.17) is 0 Å². The molecule has 2 nitrogen and oxygen atoms in total. The molecule has 2 aromatic rings. The SMILES string of the molecule is CC(CNc1ccccc1)Sc1ncccc1Br. The summed E-state index contributed by atoms with van der Waals surface area (Å²) in [7, 11) is 0. The molecule has 1 N–H and O–H groups in total. The van der Waals surface area contributed by atoms with Crippen molar-refractivity contribution in [2.75, 3.05) is 11.9 Å². The third-order valence-corrected chi connectivity index (χ3v) is 4.42. The van der Waals surface area contributed by atoms with Crippen LogP contribution in [0.5, 0.6) is 0 Å². The Labute approximate surface area is 120 Å². The van der Waals surface area contributed by atoms with Crippen molar-refractivity contribution in [3.63, 3.8) is 0 Å². The van der Waals surface area contributed by atoms with Crippen molar-refractivity contribution >= 4 is 33.4 Å². The van der Waals surface area contributed by atoms with Gasteiger partial charge in [0.2, 0.25) is 0 Å². The number of thioether (sulfide) groups is 1. The van der Waals surface area contributed by atoms with Gasteiger partial charge in [-0.25, -0.2) is 4.98 Å². The molecule has 0 saturated carbocycles. The van der Waals surface area contributed by atoms with Crippen molar-refractivity contribution in [1.29, 1.82) is 0 Å². The number of hydrogen-bond acceptors (Lipinski definition) is 3. The number of pyridine rings is 1. The average Bonchev–Trinajstić information content (AvgIpc) is 2.40. The van der Waals surface area contributed by atoms with Gasteiger partial charge < -0.3 is 5.32 Å². The minimum Gasteiger partial charge on any atom is -0.384 e. The number of benzene rings is 1. The Bertz CT molecular complexity index is 490. The molecule has 0 saturated heterocycles. The molecule has 0 spiro atoms. The van der Waals surface area contributed by atoms with E-state index in [1.54, 1.807) is 11.8 Å². The van der Waals surface area contributed by atoms with Gasteiger partial charge in [0.15, 0.2) is 0 Å². The Balaban J connectivity index is 1.86. The third-order valence-electron chi connectivity index (χ3n) is 2.40. The fourth-order valence-electron chi connectivity index (χ4n) is 1.51. The van der Waals surface area contributed by atoms with Crippen molar-refractivity contribution in [3.05, 3.63) is 53.1 Å². The molecule has 0 amide bonds. The zero-order chi connectivity index (χ0) is 12.8. The van der Waals surface area contributed by atoms with Crippen LogP contribution in [0, 0.1) is 0 Å². The van der Waals surface area contributed by atoms with Crippen molar-refractivity contribution in [1.82, 2.24) is 4.98 Å². The van der Waals surface area contributed by atoms with E-state index in [0.717, 1.165) is 21.7 Å². The van der Waals surface area contributed by atoms with E-state index >= 15 is 0 Å². The van der Waals surface area contributed by atoms with Crippen LogP contribution in [0.4, 0.5) is 5.69 Å². The predicted octanol–water partition coefficient (Wildman–Crippen LogP) is 4.44. The van der Waals surface area contributed by atoms with E-state index in [0.29, 0.717) is 5.25 Å². The monoisotopic (exact) mass is 322 g/mol. The molecule has 18 heavy (non-hydrogen) atoms. The van der Waals surface area contributed by atoms with E-state index in [-0.39, 0.29) is 0 Å². The highest BCUT2D eigenvalue weighted by atomic mass is 79.9. The van der Waals surface area contributed by atoms with Gasteiger partial charge in [-0.15, -0.1) is 11.8 Å². The lowest BCUT2D eigenvalue weighted by Crippen LogP contribution is -2.13. The van der Waals surface area contributed by atoms with Crippen molar-refractivity contribution in [2.24, 2.45) is 0 Å². The highest BCUT2D eigenvalue weighted by Crippen LogP contribution is 2.28. The molecular weight excluding hydrogens is 308 g/mol. The summed E-state index contributed by atoms with van der Waals surface area (Å²) in [6, 6.07) is 14.2.